The van der Waals surface area contributed by atoms with E-state index in [9.17, 15) is 9.59 Å². The predicted molar refractivity (Wildman–Crippen MR) is 70.3 cm³/mol. The third-order valence-corrected chi connectivity index (χ3v) is 2.48. The first kappa shape index (κ1) is 12.8. The number of hydrogen-bond donors (Lipinski definition) is 4. The molecule has 0 aliphatic rings. The molecule has 0 atom stereocenters. The largest absolute Gasteiger partial charge is 0.352 e. The van der Waals surface area contributed by atoms with Gasteiger partial charge < -0.3 is 5.32 Å². The summed E-state index contributed by atoms with van der Waals surface area (Å²) in [4.78, 5) is 29.2. The quantitative estimate of drug-likeness (QED) is 0.350. The van der Waals surface area contributed by atoms with Crippen LogP contribution in [-0.2, 0) is 6.54 Å². The van der Waals surface area contributed by atoms with Gasteiger partial charge in [0, 0.05) is 12.7 Å². The van der Waals surface area contributed by atoms with Crippen molar-refractivity contribution in [2.24, 2.45) is 5.84 Å². The van der Waals surface area contributed by atoms with Crippen molar-refractivity contribution in [2.45, 2.75) is 6.54 Å². The number of nitrogens with two attached hydrogens (primary N) is 1. The van der Waals surface area contributed by atoms with Crippen LogP contribution in [0.2, 0.25) is 0 Å². The zero-order valence-electron chi connectivity index (χ0n) is 10.0. The van der Waals surface area contributed by atoms with E-state index in [0.717, 1.165) is 5.56 Å². The van der Waals surface area contributed by atoms with Crippen LogP contribution in [0, 0.1) is 0 Å². The highest BCUT2D eigenvalue weighted by atomic mass is 16.2. The lowest BCUT2D eigenvalue weighted by molar-refractivity contribution is 0.0952. The zero-order valence-corrected chi connectivity index (χ0v) is 10.0. The summed E-state index contributed by atoms with van der Waals surface area (Å²) in [5.74, 6) is 4.57. The van der Waals surface area contributed by atoms with E-state index in [4.69, 9.17) is 5.84 Å². The van der Waals surface area contributed by atoms with Crippen LogP contribution in [0.1, 0.15) is 15.9 Å². The topological polar surface area (TPSA) is 113 Å². The minimum absolute atomic E-state index is 0.132. The molecule has 0 saturated heterocycles. The minimum atomic E-state index is -0.677. The highest BCUT2D eigenvalue weighted by Gasteiger charge is 2.09. The third kappa shape index (κ3) is 3.17. The fourth-order valence-corrected chi connectivity index (χ4v) is 1.51. The lowest BCUT2D eigenvalue weighted by Crippen LogP contribution is -2.34. The molecular formula is C12H13N5O2. The second-order valence-electron chi connectivity index (χ2n) is 3.79. The molecule has 7 nitrogen and oxygen atoms in total. The lowest BCUT2D eigenvalue weighted by atomic mass is 10.2. The van der Waals surface area contributed by atoms with E-state index in [-0.39, 0.29) is 5.56 Å². The molecular weight excluding hydrogens is 246 g/mol. The maximum Gasteiger partial charge on any atom is 0.272 e. The molecule has 0 saturated carbocycles. The maximum atomic E-state index is 11.6. The zero-order chi connectivity index (χ0) is 13.7. The number of hydrazine groups is 1. The Morgan fingerprint density at radius 1 is 1.32 bits per heavy atom. The fraction of sp³-hybridized carbons (Fsp3) is 0.0833. The van der Waals surface area contributed by atoms with Gasteiger partial charge in [0.1, 0.15) is 5.56 Å². The molecule has 0 bridgehead atoms. The van der Waals surface area contributed by atoms with Crippen molar-refractivity contribution in [1.29, 1.82) is 0 Å². The molecule has 5 N–H and O–H groups in total. The number of nitrogens with zero attached hydrogens (tertiary/aromatic N) is 1. The first-order chi connectivity index (χ1) is 9.20. The van der Waals surface area contributed by atoms with Crippen molar-refractivity contribution in [3.05, 3.63) is 58.0 Å². The molecule has 7 heteroatoms. The molecule has 0 fully saturated rings. The molecule has 0 aliphatic heterocycles. The average Bonchev–Trinajstić information content (AvgIpc) is 2.45. The van der Waals surface area contributed by atoms with Gasteiger partial charge in [-0.3, -0.25) is 20.0 Å². The van der Waals surface area contributed by atoms with Gasteiger partial charge in [0.05, 0.1) is 0 Å². The molecule has 1 aromatic carbocycles. The monoisotopic (exact) mass is 259 g/mol. The summed E-state index contributed by atoms with van der Waals surface area (Å²) in [7, 11) is 0. The van der Waals surface area contributed by atoms with Crippen molar-refractivity contribution in [3.63, 3.8) is 0 Å². The first-order valence-corrected chi connectivity index (χ1v) is 5.59. The predicted octanol–water partition coefficient (Wildman–Crippen LogP) is -0.0145. The molecule has 2 aromatic rings. The van der Waals surface area contributed by atoms with Gasteiger partial charge in [-0.25, -0.2) is 10.8 Å². The average molecular weight is 259 g/mol. The second-order valence-corrected chi connectivity index (χ2v) is 3.79. The summed E-state index contributed by atoms with van der Waals surface area (Å²) in [6, 6.07) is 9.65. The minimum Gasteiger partial charge on any atom is -0.352 e. The van der Waals surface area contributed by atoms with Crippen molar-refractivity contribution in [3.8, 4) is 0 Å². The van der Waals surface area contributed by atoms with E-state index in [1.54, 1.807) is 0 Å². The number of carbonyl (C=O) groups excluding carboxylic acids is 1. The number of rotatable bonds is 4. The van der Waals surface area contributed by atoms with Gasteiger partial charge in [-0.2, -0.15) is 0 Å². The lowest BCUT2D eigenvalue weighted by Gasteiger charge is -2.05. The Morgan fingerprint density at radius 3 is 2.68 bits per heavy atom. The molecule has 2 rings (SSSR count). The normalized spacial score (nSPS) is 9.95. The molecule has 98 valence electrons. The molecule has 1 heterocycles. The number of hydrogen-bond acceptors (Lipinski definition) is 5. The van der Waals surface area contributed by atoms with Crippen LogP contribution in [0.5, 0.6) is 0 Å². The van der Waals surface area contributed by atoms with Gasteiger partial charge in [0.2, 0.25) is 5.95 Å². The number of nitrogens with one attached hydrogen (secondary N) is 3. The Balaban J connectivity index is 2.09. The van der Waals surface area contributed by atoms with Crippen LogP contribution >= 0.6 is 0 Å². The summed E-state index contributed by atoms with van der Waals surface area (Å²) in [5, 5.41) is 2.96. The summed E-state index contributed by atoms with van der Waals surface area (Å²) < 4.78 is 0. The third-order valence-electron chi connectivity index (χ3n) is 2.48. The van der Waals surface area contributed by atoms with Gasteiger partial charge >= 0.3 is 0 Å². The van der Waals surface area contributed by atoms with Gasteiger partial charge in [-0.1, -0.05) is 30.3 Å². The number of aromatic nitrogens is 2. The molecule has 19 heavy (non-hydrogen) atoms. The summed E-state index contributed by atoms with van der Waals surface area (Å²) in [6.07, 6.45) is 1.17. The van der Waals surface area contributed by atoms with Crippen LogP contribution in [0.4, 0.5) is 5.95 Å². The summed E-state index contributed by atoms with van der Waals surface area (Å²) >= 11 is 0. The molecule has 1 amide bonds. The second kappa shape index (κ2) is 5.78. The Bertz CT molecular complexity index is 624. The highest BCUT2D eigenvalue weighted by molar-refractivity contribution is 5.93. The van der Waals surface area contributed by atoms with Gasteiger partial charge in [0.15, 0.2) is 0 Å². The highest BCUT2D eigenvalue weighted by Crippen LogP contribution is 2.02. The number of amides is 1. The number of H-pyrrole nitrogens is 1. The van der Waals surface area contributed by atoms with E-state index < -0.39 is 11.5 Å². The fourth-order valence-electron chi connectivity index (χ4n) is 1.51. The van der Waals surface area contributed by atoms with Crippen molar-refractivity contribution in [2.75, 3.05) is 5.32 Å². The summed E-state index contributed by atoms with van der Waals surface area (Å²) in [5.41, 5.74) is 2.25. The Labute approximate surface area is 108 Å². The molecule has 0 spiro atoms. The number of aromatic amines is 1. The molecule has 1 aromatic heterocycles. The molecule has 0 unspecified atom stereocenters. The van der Waals surface area contributed by atoms with Crippen molar-refractivity contribution < 1.29 is 4.79 Å². The Morgan fingerprint density at radius 2 is 2.05 bits per heavy atom. The van der Waals surface area contributed by atoms with Crippen LogP contribution in [0.25, 0.3) is 0 Å². The van der Waals surface area contributed by atoms with E-state index >= 15 is 0 Å². The standard InChI is InChI=1S/C12H13N5O2/c13-17-11(19)9-7-15-12(16-10(9)18)14-6-8-4-2-1-3-5-8/h1-5,7H,6,13H2,(H,17,19)(H2,14,15,16,18). The SMILES string of the molecule is NNC(=O)c1cnc(NCc2ccccc2)[nH]c1=O. The van der Waals surface area contributed by atoms with Crippen molar-refractivity contribution >= 4 is 11.9 Å². The number of benzene rings is 1. The van der Waals surface area contributed by atoms with Gasteiger partial charge in [0.25, 0.3) is 11.5 Å². The Kier molecular flexibility index (Phi) is 3.89. The van der Waals surface area contributed by atoms with Crippen LogP contribution < -0.4 is 22.1 Å². The number of carbonyl (C=O) groups is 1. The first-order valence-electron chi connectivity index (χ1n) is 5.59. The van der Waals surface area contributed by atoms with Crippen LogP contribution in [0.3, 0.4) is 0 Å². The van der Waals surface area contributed by atoms with Crippen molar-refractivity contribution in [1.82, 2.24) is 15.4 Å². The molecule has 0 aliphatic carbocycles. The number of anilines is 1. The van der Waals surface area contributed by atoms with E-state index in [1.807, 2.05) is 35.8 Å². The van der Waals surface area contributed by atoms with E-state index in [1.165, 1.54) is 6.20 Å². The number of nitrogen functional groups attached to an aromatic ring is 1. The van der Waals surface area contributed by atoms with Gasteiger partial charge in [-0.15, -0.1) is 0 Å². The van der Waals surface area contributed by atoms with Crippen LogP contribution in [0.15, 0.2) is 41.3 Å². The maximum absolute atomic E-state index is 11.6. The van der Waals surface area contributed by atoms with Crippen LogP contribution in [-0.4, -0.2) is 15.9 Å². The Hall–Kier alpha value is -2.67. The summed E-state index contributed by atoms with van der Waals surface area (Å²) in [6.45, 7) is 0.520. The van der Waals surface area contributed by atoms with E-state index in [2.05, 4.69) is 15.3 Å². The van der Waals surface area contributed by atoms with E-state index in [0.29, 0.717) is 12.5 Å². The van der Waals surface area contributed by atoms with Gasteiger partial charge in [-0.05, 0) is 5.56 Å². The smallest absolute Gasteiger partial charge is 0.272 e. The molecule has 0 radical (unpaired) electrons.